The van der Waals surface area contributed by atoms with E-state index in [2.05, 4.69) is 20.1 Å². The van der Waals surface area contributed by atoms with Gasteiger partial charge in [-0.2, -0.15) is 0 Å². The first kappa shape index (κ1) is 13.4. The number of oxime groups is 1. The summed E-state index contributed by atoms with van der Waals surface area (Å²) in [6, 6.07) is 7.73. The summed E-state index contributed by atoms with van der Waals surface area (Å²) < 4.78 is 0. The lowest BCUT2D eigenvalue weighted by atomic mass is 10.2. The highest BCUT2D eigenvalue weighted by Crippen LogP contribution is 2.29. The highest BCUT2D eigenvalue weighted by atomic mass is 32.2. The van der Waals surface area contributed by atoms with E-state index in [1.54, 1.807) is 18.5 Å². The number of pyridine rings is 1. The third-order valence-corrected chi connectivity index (χ3v) is 3.92. The van der Waals surface area contributed by atoms with Gasteiger partial charge in [0.2, 0.25) is 0 Å². The number of nitrogens with one attached hydrogen (secondary N) is 1. The van der Waals surface area contributed by atoms with Crippen molar-refractivity contribution in [3.05, 3.63) is 47.8 Å². The van der Waals surface area contributed by atoms with E-state index in [0.717, 1.165) is 21.1 Å². The zero-order valence-electron chi connectivity index (χ0n) is 11.2. The average molecular weight is 299 g/mol. The topological polar surface area (TPSA) is 100 Å². The number of aromatic nitrogens is 3. The molecule has 0 fully saturated rings. The molecule has 3 rings (SSSR count). The monoisotopic (exact) mass is 299 g/mol. The molecule has 1 aromatic carbocycles. The molecule has 21 heavy (non-hydrogen) atoms. The van der Waals surface area contributed by atoms with Gasteiger partial charge in [-0.1, -0.05) is 11.2 Å². The molecule has 2 aromatic heterocycles. The van der Waals surface area contributed by atoms with E-state index in [-0.39, 0.29) is 5.84 Å². The van der Waals surface area contributed by atoms with Crippen molar-refractivity contribution in [2.45, 2.75) is 17.0 Å². The predicted octanol–water partition coefficient (Wildman–Crippen LogP) is 2.51. The van der Waals surface area contributed by atoms with E-state index in [9.17, 15) is 0 Å². The lowest BCUT2D eigenvalue weighted by Crippen LogP contribution is -2.14. The number of fused-ring (bicyclic) bond motifs is 1. The van der Waals surface area contributed by atoms with Gasteiger partial charge < -0.3 is 15.9 Å². The Bertz CT molecular complexity index is 827. The minimum Gasteiger partial charge on any atom is -0.409 e. The molecule has 0 amide bonds. The second-order valence-corrected chi connectivity index (χ2v) is 5.55. The third kappa shape index (κ3) is 2.68. The molecule has 0 unspecified atom stereocenters. The fraction of sp³-hybridized carbons (Fsp3) is 0.0714. The molecule has 0 radical (unpaired) electrons. The number of hydrogen-bond donors (Lipinski definition) is 3. The summed E-state index contributed by atoms with van der Waals surface area (Å²) in [6.07, 6.45) is 3.26. The number of nitrogens with zero attached hydrogens (tertiary/aromatic N) is 3. The van der Waals surface area contributed by atoms with Crippen molar-refractivity contribution in [2.24, 2.45) is 10.9 Å². The van der Waals surface area contributed by atoms with Crippen LogP contribution < -0.4 is 5.73 Å². The second kappa shape index (κ2) is 5.45. The standard InChI is InChI=1S/C14H13N5OS/c1-8-2-3-10-11(6-8)18-14(17-10)21-12-7-16-5-4-9(12)13(15)19-20/h2-7,20H,1H3,(H2,15,19)(H,17,18). The SMILES string of the molecule is Cc1ccc2nc(Sc3cnccc3/C(N)=N/O)[nH]c2c1. The maximum Gasteiger partial charge on any atom is 0.171 e. The third-order valence-electron chi connectivity index (χ3n) is 2.99. The van der Waals surface area contributed by atoms with Crippen molar-refractivity contribution in [3.8, 4) is 0 Å². The Morgan fingerprint density at radius 2 is 2.24 bits per heavy atom. The van der Waals surface area contributed by atoms with Crippen molar-refractivity contribution in [3.63, 3.8) is 0 Å². The maximum atomic E-state index is 8.83. The van der Waals surface area contributed by atoms with Gasteiger partial charge in [0, 0.05) is 22.9 Å². The molecular formula is C14H13N5OS. The van der Waals surface area contributed by atoms with Crippen LogP contribution in [-0.4, -0.2) is 26.0 Å². The van der Waals surface area contributed by atoms with Crippen LogP contribution >= 0.6 is 11.8 Å². The van der Waals surface area contributed by atoms with Crippen LogP contribution in [0, 0.1) is 6.92 Å². The Kier molecular flexibility index (Phi) is 3.49. The van der Waals surface area contributed by atoms with Gasteiger partial charge in [-0.05, 0) is 42.4 Å². The summed E-state index contributed by atoms with van der Waals surface area (Å²) in [5.74, 6) is 0.0480. The molecule has 2 heterocycles. The summed E-state index contributed by atoms with van der Waals surface area (Å²) in [6.45, 7) is 2.03. The molecular weight excluding hydrogens is 286 g/mol. The molecule has 3 aromatic rings. The zero-order chi connectivity index (χ0) is 14.8. The molecule has 106 valence electrons. The highest BCUT2D eigenvalue weighted by molar-refractivity contribution is 7.99. The number of aryl methyl sites for hydroxylation is 1. The van der Waals surface area contributed by atoms with Gasteiger partial charge in [-0.25, -0.2) is 4.98 Å². The van der Waals surface area contributed by atoms with E-state index in [1.807, 2.05) is 25.1 Å². The number of rotatable bonds is 3. The normalized spacial score (nSPS) is 12.0. The molecule has 0 aliphatic rings. The van der Waals surface area contributed by atoms with E-state index in [1.165, 1.54) is 17.3 Å². The fourth-order valence-corrected chi connectivity index (χ4v) is 2.89. The summed E-state index contributed by atoms with van der Waals surface area (Å²) in [5, 5.41) is 12.6. The summed E-state index contributed by atoms with van der Waals surface area (Å²) >= 11 is 1.39. The molecule has 6 nitrogen and oxygen atoms in total. The maximum absolute atomic E-state index is 8.83. The molecule has 7 heteroatoms. The lowest BCUT2D eigenvalue weighted by molar-refractivity contribution is 0.318. The Balaban J connectivity index is 1.99. The summed E-state index contributed by atoms with van der Waals surface area (Å²) in [7, 11) is 0. The average Bonchev–Trinajstić information content (AvgIpc) is 2.88. The van der Waals surface area contributed by atoms with Gasteiger partial charge in [0.05, 0.1) is 11.0 Å². The molecule has 0 saturated carbocycles. The van der Waals surface area contributed by atoms with Crippen LogP contribution in [0.4, 0.5) is 0 Å². The molecule has 0 atom stereocenters. The van der Waals surface area contributed by atoms with Gasteiger partial charge in [0.1, 0.15) is 0 Å². The molecule has 0 aliphatic carbocycles. The van der Waals surface area contributed by atoms with Gasteiger partial charge >= 0.3 is 0 Å². The van der Waals surface area contributed by atoms with Crippen LogP contribution in [0.3, 0.4) is 0 Å². The minimum atomic E-state index is 0.0480. The van der Waals surface area contributed by atoms with Crippen LogP contribution in [0.5, 0.6) is 0 Å². The zero-order valence-corrected chi connectivity index (χ0v) is 12.1. The first-order valence-corrected chi connectivity index (χ1v) is 7.05. The Hall–Kier alpha value is -2.54. The second-order valence-electron chi connectivity index (χ2n) is 4.52. The number of benzene rings is 1. The van der Waals surface area contributed by atoms with Crippen molar-refractivity contribution in [1.82, 2.24) is 15.0 Å². The van der Waals surface area contributed by atoms with E-state index >= 15 is 0 Å². The van der Waals surface area contributed by atoms with Crippen molar-refractivity contribution in [2.75, 3.05) is 0 Å². The van der Waals surface area contributed by atoms with Gasteiger partial charge in [-0.15, -0.1) is 0 Å². The first-order valence-electron chi connectivity index (χ1n) is 6.23. The molecule has 4 N–H and O–H groups in total. The Labute approximate surface area is 125 Å². The predicted molar refractivity (Wildman–Crippen MR) is 81.7 cm³/mol. The van der Waals surface area contributed by atoms with E-state index < -0.39 is 0 Å². The van der Waals surface area contributed by atoms with Gasteiger partial charge in [0.25, 0.3) is 0 Å². The van der Waals surface area contributed by atoms with Crippen LogP contribution in [-0.2, 0) is 0 Å². The lowest BCUT2D eigenvalue weighted by Gasteiger charge is -2.04. The molecule has 0 spiro atoms. The molecule has 0 saturated heterocycles. The first-order chi connectivity index (χ1) is 10.2. The van der Waals surface area contributed by atoms with Gasteiger partial charge in [0.15, 0.2) is 11.0 Å². The smallest absolute Gasteiger partial charge is 0.171 e. The summed E-state index contributed by atoms with van der Waals surface area (Å²) in [5.41, 5.74) is 9.34. The van der Waals surface area contributed by atoms with E-state index in [0.29, 0.717) is 5.56 Å². The van der Waals surface area contributed by atoms with Crippen LogP contribution in [0.1, 0.15) is 11.1 Å². The number of amidine groups is 1. The number of H-pyrrole nitrogens is 1. The fourth-order valence-electron chi connectivity index (χ4n) is 1.98. The summed E-state index contributed by atoms with van der Waals surface area (Å²) in [4.78, 5) is 12.6. The van der Waals surface area contributed by atoms with Crippen molar-refractivity contribution in [1.29, 1.82) is 0 Å². The van der Waals surface area contributed by atoms with Crippen LogP contribution in [0.25, 0.3) is 11.0 Å². The molecule has 0 bridgehead atoms. The number of imidazole rings is 1. The van der Waals surface area contributed by atoms with Crippen LogP contribution in [0.15, 0.2) is 51.9 Å². The number of nitrogens with two attached hydrogens (primary N) is 1. The quantitative estimate of drug-likeness (QED) is 0.298. The van der Waals surface area contributed by atoms with Gasteiger partial charge in [-0.3, -0.25) is 4.98 Å². The van der Waals surface area contributed by atoms with Crippen LogP contribution in [0.2, 0.25) is 0 Å². The minimum absolute atomic E-state index is 0.0480. The Morgan fingerprint density at radius 1 is 1.38 bits per heavy atom. The number of hydrogen-bond acceptors (Lipinski definition) is 5. The van der Waals surface area contributed by atoms with Crippen molar-refractivity contribution >= 4 is 28.6 Å². The Morgan fingerprint density at radius 3 is 3.05 bits per heavy atom. The van der Waals surface area contributed by atoms with Crippen molar-refractivity contribution < 1.29 is 5.21 Å². The number of aromatic amines is 1. The molecule has 0 aliphatic heterocycles. The van der Waals surface area contributed by atoms with E-state index in [4.69, 9.17) is 10.9 Å². The highest BCUT2D eigenvalue weighted by Gasteiger charge is 2.11. The largest absolute Gasteiger partial charge is 0.409 e.